The lowest BCUT2D eigenvalue weighted by Crippen LogP contribution is -2.27. The van der Waals surface area contributed by atoms with Gasteiger partial charge in [0.15, 0.2) is 0 Å². The zero-order chi connectivity index (χ0) is 11.4. The van der Waals surface area contributed by atoms with E-state index in [9.17, 15) is 0 Å². The molecule has 1 atom stereocenters. The molecule has 0 fully saturated rings. The molecule has 1 aromatic heterocycles. The van der Waals surface area contributed by atoms with Gasteiger partial charge in [-0.1, -0.05) is 25.1 Å². The van der Waals surface area contributed by atoms with Gasteiger partial charge in [0.25, 0.3) is 0 Å². The van der Waals surface area contributed by atoms with Crippen LogP contribution in [0.4, 0.5) is 0 Å². The van der Waals surface area contributed by atoms with Crippen molar-refractivity contribution in [2.45, 2.75) is 32.7 Å². The summed E-state index contributed by atoms with van der Waals surface area (Å²) in [7, 11) is 0. The maximum atomic E-state index is 3.52. The second kappa shape index (κ2) is 6.67. The van der Waals surface area contributed by atoms with Crippen LogP contribution in [0.5, 0.6) is 0 Å². The smallest absolute Gasteiger partial charge is 0.0456 e. The van der Waals surface area contributed by atoms with Crippen molar-refractivity contribution in [3.63, 3.8) is 0 Å². The summed E-state index contributed by atoms with van der Waals surface area (Å²) in [5.41, 5.74) is 2.65. The van der Waals surface area contributed by atoms with Crippen LogP contribution in [0.15, 0.2) is 30.5 Å². The zero-order valence-corrected chi connectivity index (χ0v) is 11.3. The van der Waals surface area contributed by atoms with E-state index in [1.54, 1.807) is 0 Å². The average Bonchev–Trinajstić information content (AvgIpc) is 2.73. The van der Waals surface area contributed by atoms with Gasteiger partial charge in [-0.3, -0.25) is 0 Å². The molecular weight excluding hydrogens is 232 g/mol. The van der Waals surface area contributed by atoms with Crippen LogP contribution < -0.4 is 5.32 Å². The highest BCUT2D eigenvalue weighted by molar-refractivity contribution is 5.85. The number of benzene rings is 1. The molecule has 2 nitrogen and oxygen atoms in total. The van der Waals surface area contributed by atoms with Gasteiger partial charge in [-0.25, -0.2) is 0 Å². The minimum absolute atomic E-state index is 0. The number of halogens is 1. The molecule has 1 heterocycles. The van der Waals surface area contributed by atoms with E-state index in [4.69, 9.17) is 0 Å². The Bertz CT molecular complexity index is 450. The lowest BCUT2D eigenvalue weighted by molar-refractivity contribution is 0.538. The Morgan fingerprint density at radius 2 is 2.06 bits per heavy atom. The monoisotopic (exact) mass is 252 g/mol. The van der Waals surface area contributed by atoms with E-state index in [1.165, 1.54) is 22.9 Å². The third-order valence-corrected chi connectivity index (χ3v) is 3.17. The van der Waals surface area contributed by atoms with Gasteiger partial charge >= 0.3 is 0 Å². The Labute approximate surface area is 109 Å². The summed E-state index contributed by atoms with van der Waals surface area (Å²) in [4.78, 5) is 3.31. The highest BCUT2D eigenvalue weighted by Gasteiger charge is 2.03. The first-order valence-corrected chi connectivity index (χ1v) is 6.09. The number of para-hydroxylation sites is 1. The Morgan fingerprint density at radius 1 is 1.29 bits per heavy atom. The van der Waals surface area contributed by atoms with Gasteiger partial charge in [0.05, 0.1) is 0 Å². The molecule has 0 spiro atoms. The summed E-state index contributed by atoms with van der Waals surface area (Å²) in [5.74, 6) is 0. The van der Waals surface area contributed by atoms with E-state index in [0.717, 1.165) is 13.0 Å². The Kier molecular flexibility index (Phi) is 5.52. The van der Waals surface area contributed by atoms with Crippen LogP contribution in [0.2, 0.25) is 0 Å². The van der Waals surface area contributed by atoms with Crippen molar-refractivity contribution in [3.8, 4) is 0 Å². The van der Waals surface area contributed by atoms with Gasteiger partial charge < -0.3 is 10.3 Å². The minimum atomic E-state index is 0. The standard InChI is InChI=1S/C14H20N2.ClH/c1-3-11(2)15-9-8-12-10-16-14-7-5-4-6-13(12)14;/h4-7,10-11,15-16H,3,8-9H2,1-2H3;1H. The van der Waals surface area contributed by atoms with Crippen LogP contribution >= 0.6 is 12.4 Å². The summed E-state index contributed by atoms with van der Waals surface area (Å²) < 4.78 is 0. The molecule has 1 aromatic carbocycles. The van der Waals surface area contributed by atoms with Gasteiger partial charge in [-0.05, 0) is 37.9 Å². The minimum Gasteiger partial charge on any atom is -0.361 e. The fourth-order valence-electron chi connectivity index (χ4n) is 1.94. The molecule has 0 radical (unpaired) electrons. The van der Waals surface area contributed by atoms with Crippen LogP contribution in [0, 0.1) is 0 Å². The average molecular weight is 253 g/mol. The van der Waals surface area contributed by atoms with Crippen molar-refractivity contribution in [3.05, 3.63) is 36.0 Å². The second-order valence-corrected chi connectivity index (χ2v) is 4.37. The first-order valence-electron chi connectivity index (χ1n) is 6.09. The number of H-pyrrole nitrogens is 1. The van der Waals surface area contributed by atoms with Gasteiger partial charge in [0.2, 0.25) is 0 Å². The maximum Gasteiger partial charge on any atom is 0.0456 e. The van der Waals surface area contributed by atoms with Gasteiger partial charge in [-0.2, -0.15) is 0 Å². The molecule has 2 N–H and O–H groups in total. The van der Waals surface area contributed by atoms with Gasteiger partial charge in [0, 0.05) is 23.1 Å². The molecule has 0 saturated carbocycles. The predicted octanol–water partition coefficient (Wildman–Crippen LogP) is 3.52. The number of nitrogens with one attached hydrogen (secondary N) is 2. The van der Waals surface area contributed by atoms with Crippen LogP contribution in [0.1, 0.15) is 25.8 Å². The molecular formula is C14H21ClN2. The molecule has 0 bridgehead atoms. The fraction of sp³-hybridized carbons (Fsp3) is 0.429. The molecule has 0 aliphatic heterocycles. The highest BCUT2D eigenvalue weighted by Crippen LogP contribution is 2.17. The van der Waals surface area contributed by atoms with Crippen LogP contribution in [-0.2, 0) is 6.42 Å². The normalized spacial score (nSPS) is 12.4. The highest BCUT2D eigenvalue weighted by atomic mass is 35.5. The molecule has 1 unspecified atom stereocenters. The SMILES string of the molecule is CCC(C)NCCc1c[nH]c2ccccc12.Cl. The van der Waals surface area contributed by atoms with Crippen LogP contribution in [0.25, 0.3) is 10.9 Å². The molecule has 0 saturated heterocycles. The summed E-state index contributed by atoms with van der Waals surface area (Å²) in [5, 5.41) is 4.88. The van der Waals surface area contributed by atoms with Crippen molar-refractivity contribution in [2.24, 2.45) is 0 Å². The Hall–Kier alpha value is -0.990. The topological polar surface area (TPSA) is 27.8 Å². The number of rotatable bonds is 5. The first kappa shape index (κ1) is 14.1. The van der Waals surface area contributed by atoms with Gasteiger partial charge in [-0.15, -0.1) is 12.4 Å². The predicted molar refractivity (Wildman–Crippen MR) is 77.0 cm³/mol. The molecule has 0 aliphatic rings. The molecule has 2 rings (SSSR count). The lowest BCUT2D eigenvalue weighted by atomic mass is 10.1. The second-order valence-electron chi connectivity index (χ2n) is 4.37. The van der Waals surface area contributed by atoms with E-state index in [2.05, 4.69) is 54.6 Å². The zero-order valence-electron chi connectivity index (χ0n) is 10.5. The van der Waals surface area contributed by atoms with E-state index >= 15 is 0 Å². The van der Waals surface area contributed by atoms with Crippen LogP contribution in [0.3, 0.4) is 0 Å². The molecule has 3 heteroatoms. The number of aromatic amines is 1. The Balaban J connectivity index is 0.00000144. The molecule has 0 amide bonds. The number of hydrogen-bond acceptors (Lipinski definition) is 1. The summed E-state index contributed by atoms with van der Waals surface area (Å²) in [6, 6.07) is 9.10. The van der Waals surface area contributed by atoms with E-state index in [0.29, 0.717) is 6.04 Å². The van der Waals surface area contributed by atoms with E-state index in [1.807, 2.05) is 0 Å². The number of hydrogen-bond donors (Lipinski definition) is 2. The fourth-order valence-corrected chi connectivity index (χ4v) is 1.94. The van der Waals surface area contributed by atoms with Crippen molar-refractivity contribution < 1.29 is 0 Å². The largest absolute Gasteiger partial charge is 0.361 e. The summed E-state index contributed by atoms with van der Waals surface area (Å²) in [6.07, 6.45) is 4.41. The lowest BCUT2D eigenvalue weighted by Gasteiger charge is -2.10. The molecule has 0 aliphatic carbocycles. The van der Waals surface area contributed by atoms with Crippen molar-refractivity contribution in [1.82, 2.24) is 10.3 Å². The number of aromatic nitrogens is 1. The molecule has 17 heavy (non-hydrogen) atoms. The molecule has 2 aromatic rings. The molecule has 94 valence electrons. The van der Waals surface area contributed by atoms with Gasteiger partial charge in [0.1, 0.15) is 0 Å². The van der Waals surface area contributed by atoms with Crippen molar-refractivity contribution in [1.29, 1.82) is 0 Å². The van der Waals surface area contributed by atoms with E-state index in [-0.39, 0.29) is 12.4 Å². The van der Waals surface area contributed by atoms with Crippen LogP contribution in [-0.4, -0.2) is 17.6 Å². The van der Waals surface area contributed by atoms with E-state index < -0.39 is 0 Å². The Morgan fingerprint density at radius 3 is 2.82 bits per heavy atom. The summed E-state index contributed by atoms with van der Waals surface area (Å²) in [6.45, 7) is 5.50. The third kappa shape index (κ3) is 3.48. The van der Waals surface area contributed by atoms with Crippen molar-refractivity contribution >= 4 is 23.3 Å². The third-order valence-electron chi connectivity index (χ3n) is 3.17. The number of fused-ring (bicyclic) bond motifs is 1. The summed E-state index contributed by atoms with van der Waals surface area (Å²) >= 11 is 0. The maximum absolute atomic E-state index is 3.52. The van der Waals surface area contributed by atoms with Crippen molar-refractivity contribution in [2.75, 3.05) is 6.54 Å². The quantitative estimate of drug-likeness (QED) is 0.837. The first-order chi connectivity index (χ1) is 7.81.